The minimum Gasteiger partial charge on any atom is -0.383 e. The molecule has 3 rings (SSSR count). The van der Waals surface area contributed by atoms with E-state index in [4.69, 9.17) is 5.73 Å². The van der Waals surface area contributed by atoms with Crippen LogP contribution in [-0.2, 0) is 4.79 Å². The highest BCUT2D eigenvalue weighted by Gasteiger charge is 2.18. The maximum absolute atomic E-state index is 12.6. The minimum atomic E-state index is -0.456. The predicted octanol–water partition coefficient (Wildman–Crippen LogP) is 4.54. The Balaban J connectivity index is 1.68. The number of amides is 2. The number of carbonyl (C=O) groups excluding carboxylic acids is 2. The predicted molar refractivity (Wildman–Crippen MR) is 131 cm³/mol. The number of nitrogens with zero attached hydrogens (tertiary/aromatic N) is 2. The van der Waals surface area contributed by atoms with Gasteiger partial charge in [-0.1, -0.05) is 73.6 Å². The third-order valence-corrected chi connectivity index (χ3v) is 5.86. The van der Waals surface area contributed by atoms with Gasteiger partial charge in [-0.15, -0.1) is 0 Å². The summed E-state index contributed by atoms with van der Waals surface area (Å²) >= 11 is 1.12. The van der Waals surface area contributed by atoms with Gasteiger partial charge in [0.2, 0.25) is 5.91 Å². The van der Waals surface area contributed by atoms with E-state index in [9.17, 15) is 14.9 Å². The molecule has 0 bridgehead atoms. The second kappa shape index (κ2) is 11.7. The molecule has 168 valence electrons. The molecule has 8 heteroatoms. The molecule has 0 saturated carbocycles. The summed E-state index contributed by atoms with van der Waals surface area (Å²) in [7, 11) is 0. The lowest BCUT2D eigenvalue weighted by Gasteiger charge is -2.18. The van der Waals surface area contributed by atoms with Gasteiger partial charge in [0.05, 0.1) is 22.9 Å². The Hall–Kier alpha value is -3.83. The van der Waals surface area contributed by atoms with Gasteiger partial charge in [-0.05, 0) is 30.2 Å². The fourth-order valence-corrected chi connectivity index (χ4v) is 4.04. The number of nitriles is 1. The number of pyridine rings is 1. The van der Waals surface area contributed by atoms with Crippen LogP contribution in [0.1, 0.15) is 47.3 Å². The quantitative estimate of drug-likeness (QED) is 0.404. The van der Waals surface area contributed by atoms with Crippen LogP contribution >= 0.6 is 11.8 Å². The Kier molecular flexibility index (Phi) is 8.44. The summed E-state index contributed by atoms with van der Waals surface area (Å²) in [6, 6.07) is 22.1. The van der Waals surface area contributed by atoms with Crippen molar-refractivity contribution in [2.45, 2.75) is 30.8 Å². The summed E-state index contributed by atoms with van der Waals surface area (Å²) in [6.45, 7) is 2.07. The fraction of sp³-hybridized carbons (Fsp3) is 0.200. The molecule has 3 aromatic rings. The van der Waals surface area contributed by atoms with Crippen LogP contribution in [0.5, 0.6) is 0 Å². The largest absolute Gasteiger partial charge is 0.383 e. The number of aromatic nitrogens is 1. The minimum absolute atomic E-state index is 0.00140. The number of nitrogens with one attached hydrogen (secondary N) is 2. The molecule has 1 aromatic heterocycles. The van der Waals surface area contributed by atoms with E-state index >= 15 is 0 Å². The summed E-state index contributed by atoms with van der Waals surface area (Å²) in [4.78, 5) is 29.4. The lowest BCUT2D eigenvalue weighted by Crippen LogP contribution is -2.30. The van der Waals surface area contributed by atoms with Crippen LogP contribution in [0.15, 0.2) is 71.8 Å². The Morgan fingerprint density at radius 2 is 1.79 bits per heavy atom. The molecule has 4 N–H and O–H groups in total. The first-order chi connectivity index (χ1) is 16.0. The number of rotatable bonds is 9. The van der Waals surface area contributed by atoms with Crippen molar-refractivity contribution in [2.75, 3.05) is 16.8 Å². The van der Waals surface area contributed by atoms with Crippen LogP contribution < -0.4 is 16.4 Å². The van der Waals surface area contributed by atoms with Crippen LogP contribution in [0.2, 0.25) is 0 Å². The summed E-state index contributed by atoms with van der Waals surface area (Å²) in [6.07, 6.45) is 1.75. The van der Waals surface area contributed by atoms with Crippen molar-refractivity contribution in [2.24, 2.45) is 0 Å². The standard InChI is InChI=1S/C25H25N5O2S/c1-2-9-21(17-10-5-3-6-11-17)29-22(31)16-33-25-18(15-26)14-20(23(27)30-25)24(32)28-19-12-7-4-8-13-19/h3-8,10-14,21H,2,9,16H2,1H3,(H2,27,30)(H,28,32)(H,29,31). The molecule has 0 aliphatic heterocycles. The van der Waals surface area contributed by atoms with Crippen molar-refractivity contribution in [1.29, 1.82) is 5.26 Å². The first kappa shape index (κ1) is 23.8. The fourth-order valence-electron chi connectivity index (χ4n) is 3.27. The lowest BCUT2D eigenvalue weighted by atomic mass is 10.0. The summed E-state index contributed by atoms with van der Waals surface area (Å²) < 4.78 is 0. The number of nitrogens with two attached hydrogens (primary N) is 1. The summed E-state index contributed by atoms with van der Waals surface area (Å²) in [5, 5.41) is 15.6. The van der Waals surface area contributed by atoms with E-state index in [-0.39, 0.29) is 34.6 Å². The molecule has 0 aliphatic carbocycles. The molecule has 2 amide bonds. The summed E-state index contributed by atoms with van der Waals surface area (Å²) in [5.74, 6) is -0.554. The lowest BCUT2D eigenvalue weighted by molar-refractivity contribution is -0.119. The number of carbonyl (C=O) groups is 2. The average molecular weight is 460 g/mol. The highest BCUT2D eigenvalue weighted by atomic mass is 32.2. The third kappa shape index (κ3) is 6.57. The number of para-hydroxylation sites is 1. The van der Waals surface area contributed by atoms with E-state index in [2.05, 4.69) is 22.5 Å². The second-order valence-electron chi connectivity index (χ2n) is 7.31. The third-order valence-electron chi connectivity index (χ3n) is 4.87. The maximum atomic E-state index is 12.6. The van der Waals surface area contributed by atoms with E-state index in [1.165, 1.54) is 6.07 Å². The second-order valence-corrected chi connectivity index (χ2v) is 8.28. The maximum Gasteiger partial charge on any atom is 0.259 e. The van der Waals surface area contributed by atoms with Gasteiger partial charge in [0.25, 0.3) is 5.91 Å². The molecule has 1 atom stereocenters. The number of benzene rings is 2. The number of thioether (sulfide) groups is 1. The van der Waals surface area contributed by atoms with E-state index < -0.39 is 5.91 Å². The number of hydrogen-bond donors (Lipinski definition) is 3. The summed E-state index contributed by atoms with van der Waals surface area (Å²) in [5.41, 5.74) is 7.96. The van der Waals surface area contributed by atoms with E-state index in [1.807, 2.05) is 42.5 Å². The molecule has 0 spiro atoms. The van der Waals surface area contributed by atoms with Gasteiger partial charge in [0.1, 0.15) is 16.9 Å². The van der Waals surface area contributed by atoms with Crippen LogP contribution in [-0.4, -0.2) is 22.6 Å². The van der Waals surface area contributed by atoms with E-state index in [0.29, 0.717) is 10.7 Å². The van der Waals surface area contributed by atoms with Crippen molar-refractivity contribution < 1.29 is 9.59 Å². The van der Waals surface area contributed by atoms with Crippen LogP contribution in [0, 0.1) is 11.3 Å². The van der Waals surface area contributed by atoms with Crippen molar-refractivity contribution in [3.8, 4) is 6.07 Å². The zero-order valence-corrected chi connectivity index (χ0v) is 19.1. The van der Waals surface area contributed by atoms with E-state index in [0.717, 1.165) is 30.2 Å². The Bertz CT molecular complexity index is 1150. The van der Waals surface area contributed by atoms with Crippen molar-refractivity contribution >= 4 is 35.1 Å². The first-order valence-electron chi connectivity index (χ1n) is 10.6. The van der Waals surface area contributed by atoms with Crippen LogP contribution in [0.25, 0.3) is 0 Å². The molecule has 0 saturated heterocycles. The molecule has 33 heavy (non-hydrogen) atoms. The molecular formula is C25H25N5O2S. The highest BCUT2D eigenvalue weighted by molar-refractivity contribution is 8.00. The SMILES string of the molecule is CCCC(NC(=O)CSc1nc(N)c(C(=O)Nc2ccccc2)cc1C#N)c1ccccc1. The Labute approximate surface area is 197 Å². The first-order valence-corrected chi connectivity index (χ1v) is 11.5. The molecule has 0 radical (unpaired) electrons. The van der Waals surface area contributed by atoms with Crippen LogP contribution in [0.4, 0.5) is 11.5 Å². The number of anilines is 2. The smallest absolute Gasteiger partial charge is 0.259 e. The Morgan fingerprint density at radius 3 is 2.42 bits per heavy atom. The zero-order valence-electron chi connectivity index (χ0n) is 18.2. The molecule has 0 aliphatic rings. The average Bonchev–Trinajstić information content (AvgIpc) is 2.83. The topological polar surface area (TPSA) is 121 Å². The molecule has 7 nitrogen and oxygen atoms in total. The van der Waals surface area contributed by atoms with Crippen molar-refractivity contribution in [3.05, 3.63) is 83.4 Å². The molecule has 2 aromatic carbocycles. The van der Waals surface area contributed by atoms with Crippen molar-refractivity contribution in [1.82, 2.24) is 10.3 Å². The van der Waals surface area contributed by atoms with Gasteiger partial charge in [0.15, 0.2) is 0 Å². The molecular weight excluding hydrogens is 434 g/mol. The van der Waals surface area contributed by atoms with Gasteiger partial charge < -0.3 is 16.4 Å². The van der Waals surface area contributed by atoms with Gasteiger partial charge in [-0.25, -0.2) is 4.98 Å². The number of nitrogen functional groups attached to an aromatic ring is 1. The molecule has 1 unspecified atom stereocenters. The van der Waals surface area contributed by atoms with Gasteiger partial charge in [-0.2, -0.15) is 5.26 Å². The van der Waals surface area contributed by atoms with Crippen LogP contribution in [0.3, 0.4) is 0 Å². The Morgan fingerprint density at radius 1 is 1.12 bits per heavy atom. The molecule has 0 fully saturated rings. The van der Waals surface area contributed by atoms with E-state index in [1.54, 1.807) is 24.3 Å². The monoisotopic (exact) mass is 459 g/mol. The van der Waals surface area contributed by atoms with Gasteiger partial charge in [-0.3, -0.25) is 9.59 Å². The van der Waals surface area contributed by atoms with Crippen molar-refractivity contribution in [3.63, 3.8) is 0 Å². The van der Waals surface area contributed by atoms with Gasteiger partial charge in [0, 0.05) is 5.69 Å². The highest BCUT2D eigenvalue weighted by Crippen LogP contribution is 2.25. The number of hydrogen-bond acceptors (Lipinski definition) is 6. The normalized spacial score (nSPS) is 11.3. The molecule has 1 heterocycles. The van der Waals surface area contributed by atoms with Gasteiger partial charge >= 0.3 is 0 Å². The zero-order chi connectivity index (χ0) is 23.6.